The SMILES string of the molecule is CC.CNc1ccc(CO)cc1. The maximum atomic E-state index is 8.68. The molecule has 0 aliphatic heterocycles. The number of anilines is 1. The Morgan fingerprint density at radius 3 is 2.00 bits per heavy atom. The number of aliphatic hydroxyl groups excluding tert-OH is 1. The minimum absolute atomic E-state index is 0.115. The van der Waals surface area contributed by atoms with E-state index in [1.165, 1.54) is 0 Å². The van der Waals surface area contributed by atoms with Gasteiger partial charge in [-0.25, -0.2) is 0 Å². The molecule has 0 bridgehead atoms. The molecule has 0 saturated carbocycles. The van der Waals surface area contributed by atoms with Gasteiger partial charge in [0.05, 0.1) is 6.61 Å². The summed E-state index contributed by atoms with van der Waals surface area (Å²) in [6, 6.07) is 7.66. The summed E-state index contributed by atoms with van der Waals surface area (Å²) in [4.78, 5) is 0. The maximum absolute atomic E-state index is 8.68. The summed E-state index contributed by atoms with van der Waals surface area (Å²) < 4.78 is 0. The largest absolute Gasteiger partial charge is 0.392 e. The molecule has 2 nitrogen and oxygen atoms in total. The van der Waals surface area contributed by atoms with Crippen molar-refractivity contribution in [2.45, 2.75) is 20.5 Å². The summed E-state index contributed by atoms with van der Waals surface area (Å²) in [6.45, 7) is 4.12. The van der Waals surface area contributed by atoms with Crippen molar-refractivity contribution in [3.8, 4) is 0 Å². The van der Waals surface area contributed by atoms with Crippen molar-refractivity contribution in [3.05, 3.63) is 29.8 Å². The van der Waals surface area contributed by atoms with E-state index in [-0.39, 0.29) is 6.61 Å². The van der Waals surface area contributed by atoms with Crippen molar-refractivity contribution < 1.29 is 5.11 Å². The third-order valence-electron chi connectivity index (χ3n) is 1.43. The van der Waals surface area contributed by atoms with Gasteiger partial charge in [0, 0.05) is 12.7 Å². The lowest BCUT2D eigenvalue weighted by atomic mass is 10.2. The van der Waals surface area contributed by atoms with Crippen LogP contribution < -0.4 is 5.32 Å². The van der Waals surface area contributed by atoms with Crippen LogP contribution in [0, 0.1) is 0 Å². The van der Waals surface area contributed by atoms with E-state index in [1.807, 2.05) is 45.2 Å². The van der Waals surface area contributed by atoms with Crippen molar-refractivity contribution in [1.82, 2.24) is 0 Å². The van der Waals surface area contributed by atoms with Crippen molar-refractivity contribution in [2.24, 2.45) is 0 Å². The fourth-order valence-corrected chi connectivity index (χ4v) is 0.777. The zero-order valence-corrected chi connectivity index (χ0v) is 7.96. The van der Waals surface area contributed by atoms with E-state index in [0.29, 0.717) is 0 Å². The van der Waals surface area contributed by atoms with Crippen LogP contribution in [0.2, 0.25) is 0 Å². The maximum Gasteiger partial charge on any atom is 0.0681 e. The quantitative estimate of drug-likeness (QED) is 0.708. The van der Waals surface area contributed by atoms with Crippen LogP contribution in [-0.4, -0.2) is 12.2 Å². The van der Waals surface area contributed by atoms with Gasteiger partial charge in [0.25, 0.3) is 0 Å². The van der Waals surface area contributed by atoms with Gasteiger partial charge in [0.15, 0.2) is 0 Å². The number of aliphatic hydroxyl groups is 1. The lowest BCUT2D eigenvalue weighted by Crippen LogP contribution is -1.88. The Morgan fingerprint density at radius 1 is 1.17 bits per heavy atom. The molecule has 68 valence electrons. The van der Waals surface area contributed by atoms with E-state index < -0.39 is 0 Å². The van der Waals surface area contributed by atoms with Gasteiger partial charge in [-0.3, -0.25) is 0 Å². The van der Waals surface area contributed by atoms with Crippen LogP contribution in [0.15, 0.2) is 24.3 Å². The lowest BCUT2D eigenvalue weighted by Gasteiger charge is -1.99. The standard InChI is InChI=1S/C8H11NO.C2H6/c1-9-8-4-2-7(6-10)3-5-8;1-2/h2-5,9-10H,6H2,1H3;1-2H3. The number of hydrogen-bond donors (Lipinski definition) is 2. The van der Waals surface area contributed by atoms with E-state index >= 15 is 0 Å². The molecule has 0 heterocycles. The van der Waals surface area contributed by atoms with E-state index in [9.17, 15) is 0 Å². The fourth-order valence-electron chi connectivity index (χ4n) is 0.777. The normalized spacial score (nSPS) is 8.33. The van der Waals surface area contributed by atoms with Gasteiger partial charge in [-0.2, -0.15) is 0 Å². The van der Waals surface area contributed by atoms with Crippen LogP contribution in [-0.2, 0) is 6.61 Å². The molecule has 0 aromatic heterocycles. The molecule has 1 aromatic carbocycles. The molecule has 1 aromatic rings. The monoisotopic (exact) mass is 167 g/mol. The number of benzene rings is 1. The topological polar surface area (TPSA) is 32.3 Å². The smallest absolute Gasteiger partial charge is 0.0681 e. The average Bonchev–Trinajstić information content (AvgIpc) is 2.21. The Labute approximate surface area is 74.2 Å². The van der Waals surface area contributed by atoms with Crippen molar-refractivity contribution >= 4 is 5.69 Å². The number of hydrogen-bond acceptors (Lipinski definition) is 2. The lowest BCUT2D eigenvalue weighted by molar-refractivity contribution is 0.282. The van der Waals surface area contributed by atoms with Gasteiger partial charge in [-0.1, -0.05) is 26.0 Å². The second-order valence-corrected chi connectivity index (χ2v) is 2.11. The Hall–Kier alpha value is -1.02. The van der Waals surface area contributed by atoms with Crippen LogP contribution >= 0.6 is 0 Å². The van der Waals surface area contributed by atoms with Crippen molar-refractivity contribution in [3.63, 3.8) is 0 Å². The summed E-state index contributed by atoms with van der Waals surface area (Å²) in [5.41, 5.74) is 2.01. The summed E-state index contributed by atoms with van der Waals surface area (Å²) in [5, 5.41) is 11.7. The molecule has 2 heteroatoms. The predicted molar refractivity (Wildman–Crippen MR) is 53.3 cm³/mol. The minimum atomic E-state index is 0.115. The van der Waals surface area contributed by atoms with Crippen LogP contribution in [0.25, 0.3) is 0 Å². The van der Waals surface area contributed by atoms with Crippen LogP contribution in [0.5, 0.6) is 0 Å². The second-order valence-electron chi connectivity index (χ2n) is 2.11. The molecular formula is C10H17NO. The highest BCUT2D eigenvalue weighted by molar-refractivity contribution is 5.43. The Bertz CT molecular complexity index is 170. The summed E-state index contributed by atoms with van der Waals surface area (Å²) in [5.74, 6) is 0. The molecule has 0 aliphatic carbocycles. The van der Waals surface area contributed by atoms with E-state index in [4.69, 9.17) is 5.11 Å². The van der Waals surface area contributed by atoms with E-state index in [1.54, 1.807) is 0 Å². The zero-order chi connectivity index (χ0) is 9.40. The fraction of sp³-hybridized carbons (Fsp3) is 0.400. The predicted octanol–water partition coefficient (Wildman–Crippen LogP) is 2.25. The third-order valence-corrected chi connectivity index (χ3v) is 1.43. The van der Waals surface area contributed by atoms with Crippen LogP contribution in [0.3, 0.4) is 0 Å². The van der Waals surface area contributed by atoms with Gasteiger partial charge in [0.2, 0.25) is 0 Å². The Kier molecular flexibility index (Phi) is 6.11. The molecule has 0 aliphatic rings. The highest BCUT2D eigenvalue weighted by Crippen LogP contribution is 2.07. The van der Waals surface area contributed by atoms with Gasteiger partial charge in [-0.05, 0) is 17.7 Å². The number of nitrogens with one attached hydrogen (secondary N) is 1. The Morgan fingerprint density at radius 2 is 1.67 bits per heavy atom. The van der Waals surface area contributed by atoms with Gasteiger partial charge in [0.1, 0.15) is 0 Å². The Balaban J connectivity index is 0.000000561. The first kappa shape index (κ1) is 11.0. The molecule has 12 heavy (non-hydrogen) atoms. The summed E-state index contributed by atoms with van der Waals surface area (Å²) >= 11 is 0. The zero-order valence-electron chi connectivity index (χ0n) is 7.96. The summed E-state index contributed by atoms with van der Waals surface area (Å²) in [7, 11) is 1.87. The molecule has 0 unspecified atom stereocenters. The third kappa shape index (κ3) is 3.39. The molecule has 0 amide bonds. The number of rotatable bonds is 2. The molecule has 0 radical (unpaired) electrons. The van der Waals surface area contributed by atoms with E-state index in [0.717, 1.165) is 11.3 Å². The van der Waals surface area contributed by atoms with Gasteiger partial charge in [-0.15, -0.1) is 0 Å². The van der Waals surface area contributed by atoms with Crippen LogP contribution in [0.1, 0.15) is 19.4 Å². The first-order valence-electron chi connectivity index (χ1n) is 4.24. The summed E-state index contributed by atoms with van der Waals surface area (Å²) in [6.07, 6.45) is 0. The van der Waals surface area contributed by atoms with E-state index in [2.05, 4.69) is 5.32 Å². The minimum Gasteiger partial charge on any atom is -0.392 e. The highest BCUT2D eigenvalue weighted by atomic mass is 16.3. The molecule has 0 spiro atoms. The van der Waals surface area contributed by atoms with Gasteiger partial charge < -0.3 is 10.4 Å². The molecule has 0 atom stereocenters. The highest BCUT2D eigenvalue weighted by Gasteiger charge is 1.88. The first-order chi connectivity index (χ1) is 5.86. The first-order valence-corrected chi connectivity index (χ1v) is 4.24. The molecule has 2 N–H and O–H groups in total. The van der Waals surface area contributed by atoms with Crippen molar-refractivity contribution in [1.29, 1.82) is 0 Å². The molecular weight excluding hydrogens is 150 g/mol. The molecule has 0 fully saturated rings. The molecule has 1 rings (SSSR count). The molecule has 0 saturated heterocycles. The van der Waals surface area contributed by atoms with Gasteiger partial charge >= 0.3 is 0 Å². The van der Waals surface area contributed by atoms with Crippen LogP contribution in [0.4, 0.5) is 5.69 Å². The average molecular weight is 167 g/mol. The second kappa shape index (κ2) is 6.68. The van der Waals surface area contributed by atoms with Crippen molar-refractivity contribution in [2.75, 3.05) is 12.4 Å².